The molecule has 2 aromatic rings. The molecule has 0 saturated heterocycles. The first kappa shape index (κ1) is 12.9. The highest BCUT2D eigenvalue weighted by molar-refractivity contribution is 6.31. The minimum absolute atomic E-state index is 0.281. The topological polar surface area (TPSA) is 35.2 Å². The van der Waals surface area contributed by atoms with Crippen LogP contribution in [0.2, 0.25) is 5.02 Å². The summed E-state index contributed by atoms with van der Waals surface area (Å²) in [7, 11) is 1.55. The SMILES string of the molecule is COc1ccccc1C(N)c1c(F)cccc1Cl. The zero-order valence-electron chi connectivity index (χ0n) is 9.86. The van der Waals surface area contributed by atoms with E-state index in [0.29, 0.717) is 16.3 Å². The average Bonchev–Trinajstić information content (AvgIpc) is 2.38. The fraction of sp³-hybridized carbons (Fsp3) is 0.143. The van der Waals surface area contributed by atoms with Crippen molar-refractivity contribution in [1.82, 2.24) is 0 Å². The summed E-state index contributed by atoms with van der Waals surface area (Å²) < 4.78 is 19.0. The third-order valence-electron chi connectivity index (χ3n) is 2.78. The quantitative estimate of drug-likeness (QED) is 0.921. The highest BCUT2D eigenvalue weighted by atomic mass is 35.5. The van der Waals surface area contributed by atoms with Crippen LogP contribution in [0.25, 0.3) is 0 Å². The molecule has 94 valence electrons. The Bertz CT molecular complexity index is 539. The van der Waals surface area contributed by atoms with E-state index in [4.69, 9.17) is 22.1 Å². The molecule has 1 unspecified atom stereocenters. The Balaban J connectivity index is 2.51. The van der Waals surface area contributed by atoms with Gasteiger partial charge in [0.2, 0.25) is 0 Å². The molecule has 4 heteroatoms. The van der Waals surface area contributed by atoms with Gasteiger partial charge in [-0.2, -0.15) is 0 Å². The molecule has 0 heterocycles. The molecule has 0 fully saturated rings. The zero-order chi connectivity index (χ0) is 13.1. The van der Waals surface area contributed by atoms with Gasteiger partial charge in [0.1, 0.15) is 11.6 Å². The molecule has 0 radical (unpaired) electrons. The number of nitrogens with two attached hydrogens (primary N) is 1. The number of ether oxygens (including phenoxy) is 1. The van der Waals surface area contributed by atoms with E-state index in [9.17, 15) is 4.39 Å². The van der Waals surface area contributed by atoms with Crippen molar-refractivity contribution in [3.05, 3.63) is 64.4 Å². The minimum atomic E-state index is -0.658. The highest BCUT2D eigenvalue weighted by Gasteiger charge is 2.19. The van der Waals surface area contributed by atoms with Crippen LogP contribution in [0.4, 0.5) is 4.39 Å². The van der Waals surface area contributed by atoms with Crippen molar-refractivity contribution in [2.24, 2.45) is 5.73 Å². The Hall–Kier alpha value is -1.58. The van der Waals surface area contributed by atoms with Crippen LogP contribution in [-0.4, -0.2) is 7.11 Å². The van der Waals surface area contributed by atoms with Gasteiger partial charge in [-0.3, -0.25) is 0 Å². The van der Waals surface area contributed by atoms with Crippen molar-refractivity contribution in [3.8, 4) is 5.75 Å². The van der Waals surface area contributed by atoms with Gasteiger partial charge in [-0.05, 0) is 18.2 Å². The van der Waals surface area contributed by atoms with Crippen LogP contribution < -0.4 is 10.5 Å². The molecule has 0 bridgehead atoms. The van der Waals surface area contributed by atoms with Gasteiger partial charge < -0.3 is 10.5 Å². The Labute approximate surface area is 110 Å². The van der Waals surface area contributed by atoms with Crippen LogP contribution in [0.5, 0.6) is 5.75 Å². The number of para-hydroxylation sites is 1. The number of halogens is 2. The molecule has 2 nitrogen and oxygen atoms in total. The molecule has 0 spiro atoms. The maximum Gasteiger partial charge on any atom is 0.129 e. The summed E-state index contributed by atoms with van der Waals surface area (Å²) in [5.41, 5.74) is 7.07. The molecule has 0 aliphatic carbocycles. The molecule has 2 aromatic carbocycles. The van der Waals surface area contributed by atoms with E-state index >= 15 is 0 Å². The zero-order valence-corrected chi connectivity index (χ0v) is 10.6. The van der Waals surface area contributed by atoms with Gasteiger partial charge in [-0.1, -0.05) is 35.9 Å². The maximum atomic E-state index is 13.8. The minimum Gasteiger partial charge on any atom is -0.496 e. The highest BCUT2D eigenvalue weighted by Crippen LogP contribution is 2.33. The second-order valence-corrected chi connectivity index (χ2v) is 4.26. The van der Waals surface area contributed by atoms with Gasteiger partial charge in [0.25, 0.3) is 0 Å². The molecule has 0 aliphatic rings. The summed E-state index contributed by atoms with van der Waals surface area (Å²) in [6.45, 7) is 0. The van der Waals surface area contributed by atoms with Gasteiger partial charge in [0.05, 0.1) is 13.2 Å². The molecule has 0 aliphatic heterocycles. The number of hydrogen-bond donors (Lipinski definition) is 1. The van der Waals surface area contributed by atoms with Gasteiger partial charge >= 0.3 is 0 Å². The molecular weight excluding hydrogens is 253 g/mol. The lowest BCUT2D eigenvalue weighted by Crippen LogP contribution is -2.15. The van der Waals surface area contributed by atoms with Crippen LogP contribution >= 0.6 is 11.6 Å². The fourth-order valence-corrected chi connectivity index (χ4v) is 2.17. The van der Waals surface area contributed by atoms with E-state index in [1.807, 2.05) is 12.1 Å². The van der Waals surface area contributed by atoms with E-state index in [0.717, 1.165) is 0 Å². The number of benzene rings is 2. The third kappa shape index (κ3) is 2.33. The van der Waals surface area contributed by atoms with Crippen LogP contribution in [0.15, 0.2) is 42.5 Å². The maximum absolute atomic E-state index is 13.8. The van der Waals surface area contributed by atoms with E-state index in [2.05, 4.69) is 0 Å². The predicted octanol–water partition coefficient (Wildman–Crippen LogP) is 3.54. The van der Waals surface area contributed by atoms with Crippen LogP contribution in [-0.2, 0) is 0 Å². The van der Waals surface area contributed by atoms with E-state index in [1.54, 1.807) is 31.4 Å². The van der Waals surface area contributed by atoms with Crippen LogP contribution in [0.1, 0.15) is 17.2 Å². The molecule has 2 rings (SSSR count). The van der Waals surface area contributed by atoms with Crippen molar-refractivity contribution >= 4 is 11.6 Å². The summed E-state index contributed by atoms with van der Waals surface area (Å²) in [6, 6.07) is 11.1. The molecule has 18 heavy (non-hydrogen) atoms. The first-order valence-corrected chi connectivity index (χ1v) is 5.85. The van der Waals surface area contributed by atoms with Gasteiger partial charge in [0, 0.05) is 16.1 Å². The second kappa shape index (κ2) is 5.38. The lowest BCUT2D eigenvalue weighted by Gasteiger charge is -2.17. The van der Waals surface area contributed by atoms with Crippen molar-refractivity contribution in [1.29, 1.82) is 0 Å². The first-order valence-electron chi connectivity index (χ1n) is 5.47. The second-order valence-electron chi connectivity index (χ2n) is 3.85. The van der Waals surface area contributed by atoms with Gasteiger partial charge in [-0.15, -0.1) is 0 Å². The van der Waals surface area contributed by atoms with Gasteiger partial charge in [0.15, 0.2) is 0 Å². The molecule has 2 N–H and O–H groups in total. The van der Waals surface area contributed by atoms with Crippen LogP contribution in [0.3, 0.4) is 0 Å². The monoisotopic (exact) mass is 265 g/mol. The summed E-state index contributed by atoms with van der Waals surface area (Å²) in [5, 5.41) is 0.313. The Morgan fingerprint density at radius 2 is 1.89 bits per heavy atom. The Kier molecular flexibility index (Phi) is 3.84. The Morgan fingerprint density at radius 1 is 1.17 bits per heavy atom. The Morgan fingerprint density at radius 3 is 2.56 bits per heavy atom. The van der Waals surface area contributed by atoms with Crippen molar-refractivity contribution in [2.75, 3.05) is 7.11 Å². The fourth-order valence-electron chi connectivity index (χ4n) is 1.89. The number of rotatable bonds is 3. The predicted molar refractivity (Wildman–Crippen MR) is 70.4 cm³/mol. The smallest absolute Gasteiger partial charge is 0.129 e. The molecular formula is C14H13ClFNO. The first-order chi connectivity index (χ1) is 8.65. The number of hydrogen-bond acceptors (Lipinski definition) is 2. The van der Waals surface area contributed by atoms with Crippen molar-refractivity contribution in [3.63, 3.8) is 0 Å². The number of methoxy groups -OCH3 is 1. The largest absolute Gasteiger partial charge is 0.496 e. The lowest BCUT2D eigenvalue weighted by atomic mass is 9.98. The van der Waals surface area contributed by atoms with Gasteiger partial charge in [-0.25, -0.2) is 4.39 Å². The summed E-state index contributed by atoms with van der Waals surface area (Å²) in [6.07, 6.45) is 0. The van der Waals surface area contributed by atoms with E-state index in [-0.39, 0.29) is 5.56 Å². The normalized spacial score (nSPS) is 12.2. The standard InChI is InChI=1S/C14H13ClFNO/c1-18-12-8-3-2-5-9(12)14(17)13-10(15)6-4-7-11(13)16/h2-8,14H,17H2,1H3. The van der Waals surface area contributed by atoms with Crippen LogP contribution in [0, 0.1) is 5.82 Å². The van der Waals surface area contributed by atoms with Crippen molar-refractivity contribution < 1.29 is 9.13 Å². The molecule has 1 atom stereocenters. The molecule has 0 amide bonds. The molecule has 0 aromatic heterocycles. The average molecular weight is 266 g/mol. The third-order valence-corrected chi connectivity index (χ3v) is 3.11. The summed E-state index contributed by atoms with van der Waals surface area (Å²) >= 11 is 6.01. The van der Waals surface area contributed by atoms with E-state index in [1.165, 1.54) is 6.07 Å². The lowest BCUT2D eigenvalue weighted by molar-refractivity contribution is 0.407. The van der Waals surface area contributed by atoms with Crippen molar-refractivity contribution in [2.45, 2.75) is 6.04 Å². The molecule has 0 saturated carbocycles. The summed E-state index contributed by atoms with van der Waals surface area (Å²) in [5.74, 6) is 0.199. The summed E-state index contributed by atoms with van der Waals surface area (Å²) in [4.78, 5) is 0. The van der Waals surface area contributed by atoms with E-state index < -0.39 is 11.9 Å².